The summed E-state index contributed by atoms with van der Waals surface area (Å²) >= 11 is 0. The summed E-state index contributed by atoms with van der Waals surface area (Å²) in [6, 6.07) is 15.1. The Hall–Kier alpha value is -2.66. The predicted molar refractivity (Wildman–Crippen MR) is 102 cm³/mol. The molecule has 1 aromatic heterocycles. The molecule has 4 rings (SSSR count). The van der Waals surface area contributed by atoms with E-state index in [0.717, 1.165) is 36.6 Å². The number of methoxy groups -OCH3 is 1. The van der Waals surface area contributed by atoms with Crippen LogP contribution >= 0.6 is 0 Å². The quantitative estimate of drug-likeness (QED) is 0.627. The van der Waals surface area contributed by atoms with E-state index in [0.29, 0.717) is 24.0 Å². The Morgan fingerprint density at radius 1 is 1.22 bits per heavy atom. The molecule has 0 radical (unpaired) electrons. The second-order valence-corrected chi connectivity index (χ2v) is 6.91. The maximum Gasteiger partial charge on any atom is 0.229 e. The average molecular weight is 366 g/mol. The summed E-state index contributed by atoms with van der Waals surface area (Å²) < 4.78 is 25.2. The molecular weight excluding hydrogens is 343 g/mol. The fourth-order valence-corrected chi connectivity index (χ4v) is 3.76. The van der Waals surface area contributed by atoms with Gasteiger partial charge in [0.25, 0.3) is 0 Å². The molecule has 3 aromatic rings. The molecule has 1 unspecified atom stereocenters. The molecule has 0 amide bonds. The van der Waals surface area contributed by atoms with Gasteiger partial charge in [0.2, 0.25) is 5.89 Å². The molecule has 0 spiro atoms. The molecule has 27 heavy (non-hydrogen) atoms. The van der Waals surface area contributed by atoms with Crippen LogP contribution in [0.25, 0.3) is 11.5 Å². The molecule has 1 fully saturated rings. The minimum absolute atomic E-state index is 0.319. The number of oxazole rings is 1. The minimum Gasteiger partial charge on any atom is -0.497 e. The van der Waals surface area contributed by atoms with Gasteiger partial charge in [0.1, 0.15) is 17.3 Å². The zero-order valence-electron chi connectivity index (χ0n) is 15.6. The Morgan fingerprint density at radius 2 is 2.07 bits per heavy atom. The van der Waals surface area contributed by atoms with Crippen LogP contribution in [0.3, 0.4) is 0 Å². The first kappa shape index (κ1) is 17.7. The molecule has 140 valence electrons. The third-order valence-corrected chi connectivity index (χ3v) is 5.19. The Kier molecular flexibility index (Phi) is 4.94. The summed E-state index contributed by atoms with van der Waals surface area (Å²) in [6.07, 6.45) is 2.24. The van der Waals surface area contributed by atoms with E-state index in [1.807, 2.05) is 19.1 Å². The number of aryl methyl sites for hydroxylation is 1. The minimum atomic E-state index is -0.319. The number of benzene rings is 2. The number of hydrogen-bond acceptors (Lipinski definition) is 4. The molecule has 4 nitrogen and oxygen atoms in total. The number of rotatable bonds is 5. The molecule has 0 N–H and O–H groups in total. The highest BCUT2D eigenvalue weighted by atomic mass is 19.1. The van der Waals surface area contributed by atoms with Gasteiger partial charge in [-0.2, -0.15) is 0 Å². The highest BCUT2D eigenvalue weighted by molar-refractivity contribution is 5.54. The van der Waals surface area contributed by atoms with Crippen LogP contribution in [-0.2, 0) is 6.54 Å². The lowest BCUT2D eigenvalue weighted by Gasteiger charge is -2.24. The summed E-state index contributed by atoms with van der Waals surface area (Å²) in [5.41, 5.74) is 2.52. The lowest BCUT2D eigenvalue weighted by atomic mass is 10.0. The van der Waals surface area contributed by atoms with Crippen LogP contribution in [0.5, 0.6) is 5.75 Å². The van der Waals surface area contributed by atoms with Crippen molar-refractivity contribution in [2.24, 2.45) is 0 Å². The number of halogens is 1. The topological polar surface area (TPSA) is 38.5 Å². The monoisotopic (exact) mass is 366 g/mol. The summed E-state index contributed by atoms with van der Waals surface area (Å²) in [4.78, 5) is 7.00. The van der Waals surface area contributed by atoms with Gasteiger partial charge in [0.05, 0.1) is 18.4 Å². The van der Waals surface area contributed by atoms with Crippen LogP contribution in [0.2, 0.25) is 0 Å². The number of ether oxygens (including phenoxy) is 1. The molecule has 1 atom stereocenters. The van der Waals surface area contributed by atoms with E-state index in [1.165, 1.54) is 11.6 Å². The van der Waals surface area contributed by atoms with Gasteiger partial charge in [0, 0.05) is 12.6 Å². The van der Waals surface area contributed by atoms with Crippen LogP contribution in [0.1, 0.15) is 35.9 Å². The van der Waals surface area contributed by atoms with Crippen molar-refractivity contribution in [2.75, 3.05) is 13.7 Å². The fraction of sp³-hybridized carbons (Fsp3) is 0.318. The predicted octanol–water partition coefficient (Wildman–Crippen LogP) is 5.13. The van der Waals surface area contributed by atoms with Crippen LogP contribution in [0.15, 0.2) is 52.9 Å². The largest absolute Gasteiger partial charge is 0.497 e. The first-order valence-electron chi connectivity index (χ1n) is 9.25. The standard InChI is InChI=1S/C22H23FN2O2/c1-15-20(24-22(27-15)18-9-3-4-10-19(18)23)14-25-12-6-11-21(25)16-7-5-8-17(13-16)26-2/h3-5,7-10,13,21H,6,11-12,14H2,1-2H3. The van der Waals surface area contributed by atoms with Crippen LogP contribution < -0.4 is 4.74 Å². The van der Waals surface area contributed by atoms with Crippen molar-refractivity contribution in [3.63, 3.8) is 0 Å². The van der Waals surface area contributed by atoms with Crippen molar-refractivity contribution in [1.29, 1.82) is 0 Å². The molecule has 2 aromatic carbocycles. The molecule has 5 heteroatoms. The number of nitrogens with zero attached hydrogens (tertiary/aromatic N) is 2. The molecule has 0 aliphatic carbocycles. The fourth-order valence-electron chi connectivity index (χ4n) is 3.76. The van der Waals surface area contributed by atoms with Crippen LogP contribution in [-0.4, -0.2) is 23.5 Å². The van der Waals surface area contributed by atoms with Gasteiger partial charge in [-0.05, 0) is 56.1 Å². The van der Waals surface area contributed by atoms with E-state index in [9.17, 15) is 4.39 Å². The maximum absolute atomic E-state index is 14.1. The maximum atomic E-state index is 14.1. The van der Waals surface area contributed by atoms with Gasteiger partial charge in [0.15, 0.2) is 0 Å². The summed E-state index contributed by atoms with van der Waals surface area (Å²) in [5.74, 6) is 1.64. The number of likely N-dealkylation sites (tertiary alicyclic amines) is 1. The van der Waals surface area contributed by atoms with Crippen LogP contribution in [0.4, 0.5) is 4.39 Å². The Labute approximate surface area is 158 Å². The van der Waals surface area contributed by atoms with Crippen molar-refractivity contribution < 1.29 is 13.5 Å². The van der Waals surface area contributed by atoms with Gasteiger partial charge in [-0.15, -0.1) is 0 Å². The second-order valence-electron chi connectivity index (χ2n) is 6.91. The first-order chi connectivity index (χ1) is 13.2. The third-order valence-electron chi connectivity index (χ3n) is 5.19. The highest BCUT2D eigenvalue weighted by Gasteiger charge is 2.28. The van der Waals surface area contributed by atoms with E-state index < -0.39 is 0 Å². The number of aromatic nitrogens is 1. The molecule has 1 saturated heterocycles. The smallest absolute Gasteiger partial charge is 0.229 e. The normalized spacial score (nSPS) is 17.4. The Morgan fingerprint density at radius 3 is 2.89 bits per heavy atom. The lowest BCUT2D eigenvalue weighted by molar-refractivity contribution is 0.244. The lowest BCUT2D eigenvalue weighted by Crippen LogP contribution is -2.23. The van der Waals surface area contributed by atoms with Crippen molar-refractivity contribution in [1.82, 2.24) is 9.88 Å². The Balaban J connectivity index is 1.57. The van der Waals surface area contributed by atoms with Gasteiger partial charge >= 0.3 is 0 Å². The van der Waals surface area contributed by atoms with Gasteiger partial charge < -0.3 is 9.15 Å². The van der Waals surface area contributed by atoms with Crippen molar-refractivity contribution in [3.8, 4) is 17.2 Å². The molecular formula is C22H23FN2O2. The zero-order valence-corrected chi connectivity index (χ0v) is 15.6. The van der Waals surface area contributed by atoms with Gasteiger partial charge in [-0.3, -0.25) is 4.90 Å². The second kappa shape index (κ2) is 7.53. The van der Waals surface area contributed by atoms with E-state index in [1.54, 1.807) is 25.3 Å². The van der Waals surface area contributed by atoms with Crippen molar-refractivity contribution in [2.45, 2.75) is 32.4 Å². The summed E-state index contributed by atoms with van der Waals surface area (Å²) in [7, 11) is 1.69. The first-order valence-corrected chi connectivity index (χ1v) is 9.25. The molecule has 0 saturated carbocycles. The van der Waals surface area contributed by atoms with Gasteiger partial charge in [-0.1, -0.05) is 24.3 Å². The van der Waals surface area contributed by atoms with Crippen LogP contribution in [0, 0.1) is 12.7 Å². The number of hydrogen-bond donors (Lipinski definition) is 0. The molecule has 1 aliphatic rings. The highest BCUT2D eigenvalue weighted by Crippen LogP contribution is 2.35. The van der Waals surface area contributed by atoms with E-state index in [-0.39, 0.29) is 5.82 Å². The Bertz CT molecular complexity index is 938. The average Bonchev–Trinajstić information content (AvgIpc) is 3.29. The zero-order chi connectivity index (χ0) is 18.8. The molecule has 2 heterocycles. The third kappa shape index (κ3) is 3.60. The van der Waals surface area contributed by atoms with E-state index >= 15 is 0 Å². The molecule has 0 bridgehead atoms. The summed E-state index contributed by atoms with van der Waals surface area (Å²) in [6.45, 7) is 3.58. The van der Waals surface area contributed by atoms with Gasteiger partial charge in [-0.25, -0.2) is 9.37 Å². The summed E-state index contributed by atoms with van der Waals surface area (Å²) in [5, 5.41) is 0. The van der Waals surface area contributed by atoms with E-state index in [2.05, 4.69) is 22.0 Å². The molecule has 1 aliphatic heterocycles. The van der Waals surface area contributed by atoms with Crippen molar-refractivity contribution in [3.05, 3.63) is 71.4 Å². The SMILES string of the molecule is COc1cccc(C2CCCN2Cc2nc(-c3ccccc3F)oc2C)c1. The van der Waals surface area contributed by atoms with E-state index in [4.69, 9.17) is 9.15 Å². The van der Waals surface area contributed by atoms with Crippen molar-refractivity contribution >= 4 is 0 Å².